The second-order valence-corrected chi connectivity index (χ2v) is 11.3. The van der Waals surface area contributed by atoms with Crippen LogP contribution in [0.15, 0.2) is 132 Å². The summed E-state index contributed by atoms with van der Waals surface area (Å²) in [7, 11) is 1.58. The lowest BCUT2D eigenvalue weighted by Gasteiger charge is -2.43. The number of carbonyl (C=O) groups excluding carboxylic acids is 1. The second-order valence-electron chi connectivity index (χ2n) is 11.3. The van der Waals surface area contributed by atoms with E-state index in [1.54, 1.807) is 37.4 Å². The Morgan fingerprint density at radius 2 is 1.35 bits per heavy atom. The number of aromatic nitrogens is 2. The third-order valence-corrected chi connectivity index (χ3v) is 8.39. The lowest BCUT2D eigenvalue weighted by Crippen LogP contribution is -2.58. The van der Waals surface area contributed by atoms with E-state index in [2.05, 4.69) is 10.3 Å². The molecule has 0 aliphatic carbocycles. The molecule has 11 nitrogen and oxygen atoms in total. The fourth-order valence-corrected chi connectivity index (χ4v) is 5.88. The van der Waals surface area contributed by atoms with Gasteiger partial charge in [-0.2, -0.15) is 4.98 Å². The highest BCUT2D eigenvalue weighted by Gasteiger charge is 2.47. The van der Waals surface area contributed by atoms with E-state index in [-0.39, 0.29) is 12.4 Å². The number of methoxy groups -OCH3 is 1. The van der Waals surface area contributed by atoms with Crippen LogP contribution in [0.25, 0.3) is 0 Å². The molecule has 5 atom stereocenters. The summed E-state index contributed by atoms with van der Waals surface area (Å²) < 4.78 is 19.3. The molecule has 4 aromatic carbocycles. The first-order valence-electron chi connectivity index (χ1n) is 15.4. The van der Waals surface area contributed by atoms with Crippen molar-refractivity contribution in [1.29, 1.82) is 0 Å². The Kier molecular flexibility index (Phi) is 9.76. The van der Waals surface area contributed by atoms with Crippen molar-refractivity contribution in [2.75, 3.05) is 19.0 Å². The van der Waals surface area contributed by atoms with Crippen LogP contribution in [0.5, 0.6) is 5.75 Å². The van der Waals surface area contributed by atoms with Gasteiger partial charge in [-0.05, 0) is 47.0 Å². The lowest BCUT2D eigenvalue weighted by molar-refractivity contribution is -0.259. The molecular formula is C37H35N3O8. The van der Waals surface area contributed by atoms with Gasteiger partial charge < -0.3 is 34.8 Å². The monoisotopic (exact) mass is 655 g/mol. The summed E-state index contributed by atoms with van der Waals surface area (Å²) in [5.74, 6) is 0.192. The number of anilines is 1. The average Bonchev–Trinajstić information content (AvgIpc) is 3.13. The van der Waals surface area contributed by atoms with Gasteiger partial charge in [-0.1, -0.05) is 91.0 Å². The number of amides is 1. The fourth-order valence-electron chi connectivity index (χ4n) is 5.88. The van der Waals surface area contributed by atoms with Crippen LogP contribution < -0.4 is 15.7 Å². The van der Waals surface area contributed by atoms with Crippen LogP contribution in [-0.2, 0) is 15.1 Å². The van der Waals surface area contributed by atoms with E-state index in [0.717, 1.165) is 21.3 Å². The van der Waals surface area contributed by atoms with Crippen LogP contribution in [0, 0.1) is 0 Å². The van der Waals surface area contributed by atoms with Crippen LogP contribution >= 0.6 is 0 Å². The molecule has 1 amide bonds. The van der Waals surface area contributed by atoms with Crippen molar-refractivity contribution >= 4 is 11.7 Å². The lowest BCUT2D eigenvalue weighted by atomic mass is 9.80. The van der Waals surface area contributed by atoms with Gasteiger partial charge in [0.05, 0.1) is 13.7 Å². The smallest absolute Gasteiger partial charge is 0.351 e. The largest absolute Gasteiger partial charge is 0.497 e. The minimum Gasteiger partial charge on any atom is -0.497 e. The maximum absolute atomic E-state index is 13.1. The summed E-state index contributed by atoms with van der Waals surface area (Å²) in [5.41, 5.74) is 0.665. The number of hydrogen-bond acceptors (Lipinski definition) is 9. The molecule has 1 saturated heterocycles. The number of benzene rings is 4. The standard InChI is InChI=1S/C37H35N3O8/c1-46-28-19-17-27(18-20-28)37(25-13-7-3-8-14-25,26-15-9-4-10-16-26)47-23-29-31(41)32(42)33(43)35(48-29)40-22-21-30(39-36(40)45)38-34(44)24-11-5-2-6-12-24/h2-22,29,31-33,35,41-43H,23H2,1H3,(H,38,39,44,45)/t29-,31-,32+,33-,35-/m1/s1/i23+1,29+1,31+1,32+1,33+1,35+1. The number of rotatable bonds is 10. The Labute approximate surface area is 276 Å². The molecule has 0 bridgehead atoms. The molecule has 4 N–H and O–H groups in total. The van der Waals surface area contributed by atoms with Crippen molar-refractivity contribution in [2.45, 2.75) is 36.2 Å². The number of ether oxygens (including phenoxy) is 3. The highest BCUT2D eigenvalue weighted by molar-refractivity contribution is 6.03. The van der Waals surface area contributed by atoms with Gasteiger partial charge in [0.25, 0.3) is 5.91 Å². The molecule has 2 heterocycles. The molecule has 5 aromatic rings. The Balaban J connectivity index is 1.31. The van der Waals surface area contributed by atoms with Gasteiger partial charge in [0.15, 0.2) is 6.23 Å². The van der Waals surface area contributed by atoms with Gasteiger partial charge in [-0.15, -0.1) is 0 Å². The number of hydrogen-bond donors (Lipinski definition) is 4. The van der Waals surface area contributed by atoms with Crippen LogP contribution in [-0.4, -0.2) is 68.9 Å². The van der Waals surface area contributed by atoms with E-state index in [0.29, 0.717) is 11.3 Å². The third kappa shape index (κ3) is 6.50. The molecule has 48 heavy (non-hydrogen) atoms. The Morgan fingerprint density at radius 1 is 0.792 bits per heavy atom. The Bertz CT molecular complexity index is 1830. The molecule has 246 valence electrons. The quantitative estimate of drug-likeness (QED) is 0.131. The first-order chi connectivity index (χ1) is 23.3. The summed E-state index contributed by atoms with van der Waals surface area (Å²) in [4.78, 5) is 29.7. The fraction of sp³-hybridized carbons (Fsp3) is 0.216. The maximum Gasteiger partial charge on any atom is 0.351 e. The number of aliphatic hydroxyl groups excluding tert-OH is 3. The van der Waals surface area contributed by atoms with Gasteiger partial charge in [0, 0.05) is 11.8 Å². The van der Waals surface area contributed by atoms with E-state index >= 15 is 0 Å². The van der Waals surface area contributed by atoms with Crippen LogP contribution in [0.4, 0.5) is 5.82 Å². The number of nitrogens with zero attached hydrogens (tertiary/aromatic N) is 2. The Morgan fingerprint density at radius 3 is 1.92 bits per heavy atom. The molecule has 6 rings (SSSR count). The number of carbonyl (C=O) groups is 1. The minimum atomic E-state index is -1.69. The summed E-state index contributed by atoms with van der Waals surface area (Å²) in [6.45, 7) is -0.259. The molecular weight excluding hydrogens is 620 g/mol. The summed E-state index contributed by atoms with van der Waals surface area (Å²) >= 11 is 0. The van der Waals surface area contributed by atoms with Crippen LogP contribution in [0.3, 0.4) is 0 Å². The highest BCUT2D eigenvalue weighted by atomic mass is 16.8. The van der Waals surface area contributed by atoms with Crippen molar-refractivity contribution in [3.63, 3.8) is 0 Å². The highest BCUT2D eigenvalue weighted by Crippen LogP contribution is 2.42. The van der Waals surface area contributed by atoms with Crippen LogP contribution in [0.1, 0.15) is 33.3 Å². The number of aliphatic hydroxyl groups is 3. The molecule has 11 heteroatoms. The molecule has 0 radical (unpaired) electrons. The third-order valence-electron chi connectivity index (χ3n) is 8.39. The zero-order chi connectivity index (χ0) is 33.7. The minimum absolute atomic E-state index is 0.00846. The molecule has 0 unspecified atom stereocenters. The van der Waals surface area contributed by atoms with Crippen molar-refractivity contribution in [1.82, 2.24) is 9.55 Å². The molecule has 1 aliphatic heterocycles. The summed E-state index contributed by atoms with van der Waals surface area (Å²) in [6, 6.07) is 36.4. The topological polar surface area (TPSA) is 152 Å². The van der Waals surface area contributed by atoms with Gasteiger partial charge in [-0.25, -0.2) is 4.79 Å². The first kappa shape index (κ1) is 32.8. The maximum atomic E-state index is 13.1. The average molecular weight is 656 g/mol. The predicted octanol–water partition coefficient (Wildman–Crippen LogP) is 3.49. The molecule has 0 saturated carbocycles. The number of nitrogens with one attached hydrogen (secondary N) is 1. The van der Waals surface area contributed by atoms with E-state index < -0.39 is 47.8 Å². The predicted molar refractivity (Wildman–Crippen MR) is 177 cm³/mol. The SMILES string of the molecule is COc1ccc(C(O[13CH2][13C@H]2O[13C@@H](n3ccc(NC(=O)c4ccccc4)nc3=O)[13C@H](O)[13C@@H](O)[13C@@H]2O)(c2ccccc2)c2ccccc2)cc1. The van der Waals surface area contributed by atoms with E-state index in [1.807, 2.05) is 84.9 Å². The van der Waals surface area contributed by atoms with Gasteiger partial charge in [-0.3, -0.25) is 9.36 Å². The zero-order valence-corrected chi connectivity index (χ0v) is 26.0. The molecule has 0 spiro atoms. The van der Waals surface area contributed by atoms with E-state index in [9.17, 15) is 24.9 Å². The van der Waals surface area contributed by atoms with Crippen molar-refractivity contribution in [3.8, 4) is 5.75 Å². The van der Waals surface area contributed by atoms with Gasteiger partial charge >= 0.3 is 5.69 Å². The van der Waals surface area contributed by atoms with Crippen LogP contribution in [0.2, 0.25) is 0 Å². The van der Waals surface area contributed by atoms with Gasteiger partial charge in [0.2, 0.25) is 0 Å². The van der Waals surface area contributed by atoms with Crippen molar-refractivity contribution in [2.24, 2.45) is 0 Å². The van der Waals surface area contributed by atoms with E-state index in [4.69, 9.17) is 14.2 Å². The van der Waals surface area contributed by atoms with Gasteiger partial charge in [0.1, 0.15) is 41.6 Å². The second kappa shape index (κ2) is 14.3. The molecule has 1 fully saturated rings. The summed E-state index contributed by atoms with van der Waals surface area (Å²) in [6.07, 6.45) is -6.27. The molecule has 1 aliphatic rings. The summed E-state index contributed by atoms with van der Waals surface area (Å²) in [5, 5.41) is 35.5. The van der Waals surface area contributed by atoms with E-state index in [1.165, 1.54) is 12.3 Å². The Hall–Kier alpha value is -5.17. The van der Waals surface area contributed by atoms with Crippen molar-refractivity contribution in [3.05, 3.63) is 160 Å². The molecule has 1 aromatic heterocycles. The van der Waals surface area contributed by atoms with Crippen molar-refractivity contribution < 1.29 is 34.3 Å². The first-order valence-corrected chi connectivity index (χ1v) is 15.4. The normalized spacial score (nSPS) is 21.0. The zero-order valence-electron chi connectivity index (χ0n) is 26.0.